The maximum absolute atomic E-state index is 9.52. The maximum atomic E-state index is 9.52. The zero-order valence-corrected chi connectivity index (χ0v) is 17.8. The summed E-state index contributed by atoms with van der Waals surface area (Å²) in [7, 11) is 0. The van der Waals surface area contributed by atoms with Gasteiger partial charge in [0, 0.05) is 17.6 Å². The van der Waals surface area contributed by atoms with E-state index in [0.29, 0.717) is 12.5 Å². The van der Waals surface area contributed by atoms with Crippen molar-refractivity contribution in [2.75, 3.05) is 19.7 Å². The van der Waals surface area contributed by atoms with Crippen LogP contribution in [0.15, 0.2) is 89.4 Å². The lowest BCUT2D eigenvalue weighted by Gasteiger charge is -2.25. The Kier molecular flexibility index (Phi) is 8.28. The van der Waals surface area contributed by atoms with Gasteiger partial charge in [0.15, 0.2) is 0 Å². The molecule has 2 nitrogen and oxygen atoms in total. The Labute approximate surface area is 177 Å². The SMILES string of the molecule is OCCN(CC[C@@H](Cc1ccccc1Br)c1ccccc1)Cc1ccccc1. The fourth-order valence-corrected chi connectivity index (χ4v) is 4.08. The summed E-state index contributed by atoms with van der Waals surface area (Å²) in [6.45, 7) is 2.72. The maximum Gasteiger partial charge on any atom is 0.0558 e. The second-order valence-electron chi connectivity index (χ2n) is 7.18. The van der Waals surface area contributed by atoms with Crippen LogP contribution in [0, 0.1) is 0 Å². The summed E-state index contributed by atoms with van der Waals surface area (Å²) in [5.41, 5.74) is 4.01. The first-order valence-electron chi connectivity index (χ1n) is 9.91. The molecule has 0 aliphatic rings. The molecule has 3 rings (SSSR count). The van der Waals surface area contributed by atoms with E-state index in [1.54, 1.807) is 0 Å². The van der Waals surface area contributed by atoms with E-state index >= 15 is 0 Å². The molecule has 0 fully saturated rings. The van der Waals surface area contributed by atoms with Gasteiger partial charge in [-0.1, -0.05) is 94.8 Å². The fourth-order valence-electron chi connectivity index (χ4n) is 3.63. The van der Waals surface area contributed by atoms with E-state index < -0.39 is 0 Å². The smallest absolute Gasteiger partial charge is 0.0558 e. The highest BCUT2D eigenvalue weighted by Crippen LogP contribution is 2.28. The summed E-state index contributed by atoms with van der Waals surface area (Å²) in [4.78, 5) is 2.35. The Morgan fingerprint density at radius 3 is 2.11 bits per heavy atom. The molecule has 0 aliphatic heterocycles. The predicted octanol–water partition coefficient (Wildman–Crippen LogP) is 5.66. The van der Waals surface area contributed by atoms with E-state index in [9.17, 15) is 5.11 Å². The van der Waals surface area contributed by atoms with Crippen LogP contribution in [0.25, 0.3) is 0 Å². The molecule has 3 aromatic carbocycles. The van der Waals surface area contributed by atoms with Crippen molar-refractivity contribution < 1.29 is 5.11 Å². The number of rotatable bonds is 10. The van der Waals surface area contributed by atoms with Gasteiger partial charge in [0.25, 0.3) is 0 Å². The number of benzene rings is 3. The summed E-state index contributed by atoms with van der Waals surface area (Å²) in [5, 5.41) is 9.52. The summed E-state index contributed by atoms with van der Waals surface area (Å²) >= 11 is 3.70. The Morgan fingerprint density at radius 1 is 0.786 bits per heavy atom. The van der Waals surface area contributed by atoms with Crippen LogP contribution in [0.1, 0.15) is 29.0 Å². The number of aliphatic hydroxyl groups excluding tert-OH is 1. The molecule has 0 saturated heterocycles. The predicted molar refractivity (Wildman–Crippen MR) is 120 cm³/mol. The summed E-state index contributed by atoms with van der Waals surface area (Å²) in [5.74, 6) is 0.442. The molecule has 0 heterocycles. The van der Waals surface area contributed by atoms with Gasteiger partial charge in [0.2, 0.25) is 0 Å². The average molecular weight is 438 g/mol. The molecular formula is C25H28BrNO. The van der Waals surface area contributed by atoms with Crippen LogP contribution in [0.3, 0.4) is 0 Å². The van der Waals surface area contributed by atoms with Crippen LogP contribution in [0.4, 0.5) is 0 Å². The number of hydrogen-bond acceptors (Lipinski definition) is 2. The second-order valence-corrected chi connectivity index (χ2v) is 8.03. The Morgan fingerprint density at radius 2 is 1.43 bits per heavy atom. The third kappa shape index (κ3) is 6.30. The minimum atomic E-state index is 0.188. The van der Waals surface area contributed by atoms with Gasteiger partial charge in [-0.05, 0) is 48.1 Å². The molecule has 1 atom stereocenters. The van der Waals surface area contributed by atoms with Gasteiger partial charge >= 0.3 is 0 Å². The molecule has 28 heavy (non-hydrogen) atoms. The topological polar surface area (TPSA) is 23.5 Å². The molecule has 0 amide bonds. The fraction of sp³-hybridized carbons (Fsp3) is 0.280. The first kappa shape index (κ1) is 20.8. The number of nitrogens with zero attached hydrogens (tertiary/aromatic N) is 1. The van der Waals surface area contributed by atoms with Gasteiger partial charge < -0.3 is 5.11 Å². The minimum absolute atomic E-state index is 0.188. The van der Waals surface area contributed by atoms with Crippen molar-refractivity contribution in [1.82, 2.24) is 4.90 Å². The highest BCUT2D eigenvalue weighted by molar-refractivity contribution is 9.10. The molecule has 0 saturated carbocycles. The molecule has 1 N–H and O–H groups in total. The van der Waals surface area contributed by atoms with E-state index in [4.69, 9.17) is 0 Å². The quantitative estimate of drug-likeness (QED) is 0.442. The van der Waals surface area contributed by atoms with Gasteiger partial charge in [-0.2, -0.15) is 0 Å². The van der Waals surface area contributed by atoms with Gasteiger partial charge in [-0.3, -0.25) is 4.90 Å². The van der Waals surface area contributed by atoms with Crippen LogP contribution < -0.4 is 0 Å². The van der Waals surface area contributed by atoms with E-state index in [0.717, 1.165) is 25.9 Å². The highest BCUT2D eigenvalue weighted by Gasteiger charge is 2.16. The standard InChI is InChI=1S/C25H28BrNO/c26-25-14-8-7-13-24(25)19-23(22-11-5-2-6-12-22)15-16-27(17-18-28)20-21-9-3-1-4-10-21/h1-14,23,28H,15-20H2/t23-/m0/s1. The van der Waals surface area contributed by atoms with Crippen molar-refractivity contribution >= 4 is 15.9 Å². The van der Waals surface area contributed by atoms with E-state index in [1.807, 2.05) is 6.07 Å². The van der Waals surface area contributed by atoms with Gasteiger partial charge in [0.05, 0.1) is 6.61 Å². The number of hydrogen-bond donors (Lipinski definition) is 1. The molecule has 0 aliphatic carbocycles. The van der Waals surface area contributed by atoms with Crippen molar-refractivity contribution in [1.29, 1.82) is 0 Å². The molecule has 0 spiro atoms. The monoisotopic (exact) mass is 437 g/mol. The Hall–Kier alpha value is -1.94. The molecule has 0 radical (unpaired) electrons. The van der Waals surface area contributed by atoms with Crippen molar-refractivity contribution in [3.63, 3.8) is 0 Å². The van der Waals surface area contributed by atoms with Crippen molar-refractivity contribution in [3.05, 3.63) is 106 Å². The lowest BCUT2D eigenvalue weighted by atomic mass is 9.89. The Bertz CT molecular complexity index is 822. The largest absolute Gasteiger partial charge is 0.395 e. The molecule has 0 unspecified atom stereocenters. The zero-order chi connectivity index (χ0) is 19.6. The molecule has 0 aromatic heterocycles. The van der Waals surface area contributed by atoms with Crippen LogP contribution in [-0.4, -0.2) is 29.7 Å². The third-order valence-corrected chi connectivity index (χ3v) is 5.93. The van der Waals surface area contributed by atoms with Crippen LogP contribution in [0.5, 0.6) is 0 Å². The average Bonchev–Trinajstić information content (AvgIpc) is 2.74. The molecule has 0 bridgehead atoms. The molecular weight excluding hydrogens is 410 g/mol. The summed E-state index contributed by atoms with van der Waals surface area (Å²) < 4.78 is 1.17. The lowest BCUT2D eigenvalue weighted by molar-refractivity contribution is 0.185. The third-order valence-electron chi connectivity index (χ3n) is 5.15. The van der Waals surface area contributed by atoms with Gasteiger partial charge in [-0.25, -0.2) is 0 Å². The van der Waals surface area contributed by atoms with E-state index in [2.05, 4.69) is 99.7 Å². The van der Waals surface area contributed by atoms with Crippen molar-refractivity contribution in [3.8, 4) is 0 Å². The zero-order valence-electron chi connectivity index (χ0n) is 16.2. The molecule has 3 heteroatoms. The van der Waals surface area contributed by atoms with E-state index in [1.165, 1.54) is 21.2 Å². The van der Waals surface area contributed by atoms with Crippen molar-refractivity contribution in [2.24, 2.45) is 0 Å². The second kappa shape index (κ2) is 11.2. The molecule has 3 aromatic rings. The van der Waals surface area contributed by atoms with Gasteiger partial charge in [0.1, 0.15) is 0 Å². The number of aliphatic hydroxyl groups is 1. The first-order valence-corrected chi connectivity index (χ1v) is 10.7. The van der Waals surface area contributed by atoms with Crippen LogP contribution in [-0.2, 0) is 13.0 Å². The number of halogens is 1. The van der Waals surface area contributed by atoms with Gasteiger partial charge in [-0.15, -0.1) is 0 Å². The first-order chi connectivity index (χ1) is 13.8. The summed E-state index contributed by atoms with van der Waals surface area (Å²) in [6, 6.07) is 29.8. The Balaban J connectivity index is 1.71. The molecule has 146 valence electrons. The van der Waals surface area contributed by atoms with E-state index in [-0.39, 0.29) is 6.61 Å². The lowest BCUT2D eigenvalue weighted by Crippen LogP contribution is -2.29. The minimum Gasteiger partial charge on any atom is -0.395 e. The van der Waals surface area contributed by atoms with Crippen molar-refractivity contribution in [2.45, 2.75) is 25.3 Å². The summed E-state index contributed by atoms with van der Waals surface area (Å²) in [6.07, 6.45) is 2.06. The normalized spacial score (nSPS) is 12.2. The highest BCUT2D eigenvalue weighted by atomic mass is 79.9. The van der Waals surface area contributed by atoms with Crippen LogP contribution >= 0.6 is 15.9 Å². The van der Waals surface area contributed by atoms with Crippen LogP contribution in [0.2, 0.25) is 0 Å².